The maximum Gasteiger partial charge on any atom is 0.279 e. The zero-order valence-corrected chi connectivity index (χ0v) is 10.9. The number of non-ortho nitro benzene ring substituents is 1. The number of carbonyl (C=O) groups excluding carboxylic acids is 1. The van der Waals surface area contributed by atoms with E-state index in [4.69, 9.17) is 0 Å². The molecule has 3 rings (SSSR count). The molecule has 20 heavy (non-hydrogen) atoms. The number of aromatic nitrogens is 1. The highest BCUT2D eigenvalue weighted by Gasteiger charge is 2.27. The smallest absolute Gasteiger partial charge is 0.279 e. The van der Waals surface area contributed by atoms with E-state index in [1.54, 1.807) is 18.3 Å². The maximum absolute atomic E-state index is 12.6. The fraction of sp³-hybridized carbons (Fsp3) is 0.357. The fourth-order valence-corrected chi connectivity index (χ4v) is 2.81. The first-order valence-electron chi connectivity index (χ1n) is 6.68. The molecule has 0 bridgehead atoms. The number of ketones is 1. The van der Waals surface area contributed by atoms with Gasteiger partial charge in [-0.05, 0) is 25.5 Å². The molecule has 104 valence electrons. The summed E-state index contributed by atoms with van der Waals surface area (Å²) < 4.78 is 0. The summed E-state index contributed by atoms with van der Waals surface area (Å²) in [5.41, 5.74) is 1.04. The van der Waals surface area contributed by atoms with Gasteiger partial charge in [0.1, 0.15) is 0 Å². The van der Waals surface area contributed by atoms with Crippen molar-refractivity contribution in [2.75, 3.05) is 13.1 Å². The Morgan fingerprint density at radius 3 is 2.95 bits per heavy atom. The molecule has 1 saturated heterocycles. The predicted octanol–water partition coefficient (Wildman–Crippen LogP) is 2.26. The van der Waals surface area contributed by atoms with Crippen molar-refractivity contribution in [2.24, 2.45) is 5.92 Å². The molecule has 0 spiro atoms. The van der Waals surface area contributed by atoms with Crippen molar-refractivity contribution in [2.45, 2.75) is 12.8 Å². The summed E-state index contributed by atoms with van der Waals surface area (Å²) in [7, 11) is 0. The molecule has 6 heteroatoms. The summed E-state index contributed by atoms with van der Waals surface area (Å²) in [4.78, 5) is 26.2. The number of rotatable bonds is 3. The Hall–Kier alpha value is -2.21. The minimum atomic E-state index is -0.438. The molecule has 1 aliphatic heterocycles. The zero-order chi connectivity index (χ0) is 14.1. The molecule has 2 aromatic rings. The average molecular weight is 273 g/mol. The third-order valence-corrected chi connectivity index (χ3v) is 3.81. The Morgan fingerprint density at radius 1 is 1.40 bits per heavy atom. The lowest BCUT2D eigenvalue weighted by Gasteiger charge is -2.21. The van der Waals surface area contributed by atoms with Gasteiger partial charge in [0.25, 0.3) is 5.69 Å². The van der Waals surface area contributed by atoms with Gasteiger partial charge in [0, 0.05) is 24.7 Å². The SMILES string of the molecule is O=C(c1c[nH]c2cccc([N+](=O)[O-])c12)C1CCCNC1. The van der Waals surface area contributed by atoms with Gasteiger partial charge in [0.2, 0.25) is 0 Å². The van der Waals surface area contributed by atoms with E-state index in [0.29, 0.717) is 23.0 Å². The number of benzene rings is 1. The Balaban J connectivity index is 2.07. The van der Waals surface area contributed by atoms with Gasteiger partial charge in [0.15, 0.2) is 5.78 Å². The van der Waals surface area contributed by atoms with Gasteiger partial charge in [-0.25, -0.2) is 0 Å². The van der Waals surface area contributed by atoms with E-state index in [1.807, 2.05) is 0 Å². The van der Waals surface area contributed by atoms with Gasteiger partial charge in [-0.15, -0.1) is 0 Å². The van der Waals surface area contributed by atoms with E-state index in [-0.39, 0.29) is 17.4 Å². The summed E-state index contributed by atoms with van der Waals surface area (Å²) in [5, 5.41) is 14.8. The highest BCUT2D eigenvalue weighted by molar-refractivity contribution is 6.11. The highest BCUT2D eigenvalue weighted by Crippen LogP contribution is 2.30. The van der Waals surface area contributed by atoms with Crippen LogP contribution in [0.4, 0.5) is 5.69 Å². The lowest BCUT2D eigenvalue weighted by Crippen LogP contribution is -2.34. The number of nitro groups is 1. The Bertz CT molecular complexity index is 671. The molecular formula is C14H15N3O3. The van der Waals surface area contributed by atoms with Crippen LogP contribution in [0.15, 0.2) is 24.4 Å². The number of piperidine rings is 1. The van der Waals surface area contributed by atoms with Gasteiger partial charge in [0.05, 0.1) is 21.4 Å². The maximum atomic E-state index is 12.6. The molecule has 2 N–H and O–H groups in total. The zero-order valence-electron chi connectivity index (χ0n) is 10.9. The van der Waals surface area contributed by atoms with Gasteiger partial charge >= 0.3 is 0 Å². The van der Waals surface area contributed by atoms with Crippen molar-refractivity contribution < 1.29 is 9.72 Å². The van der Waals surface area contributed by atoms with Gasteiger partial charge < -0.3 is 10.3 Å². The Kier molecular flexibility index (Phi) is 3.23. The molecule has 0 radical (unpaired) electrons. The highest BCUT2D eigenvalue weighted by atomic mass is 16.6. The molecule has 6 nitrogen and oxygen atoms in total. The number of H-pyrrole nitrogens is 1. The minimum Gasteiger partial charge on any atom is -0.360 e. The van der Waals surface area contributed by atoms with Crippen LogP contribution in [0.2, 0.25) is 0 Å². The van der Waals surface area contributed by atoms with E-state index in [2.05, 4.69) is 10.3 Å². The third-order valence-electron chi connectivity index (χ3n) is 3.81. The lowest BCUT2D eigenvalue weighted by atomic mass is 9.90. The van der Waals surface area contributed by atoms with Crippen LogP contribution in [-0.4, -0.2) is 28.8 Å². The monoisotopic (exact) mass is 273 g/mol. The van der Waals surface area contributed by atoms with Crippen LogP contribution in [-0.2, 0) is 0 Å². The van der Waals surface area contributed by atoms with E-state index in [0.717, 1.165) is 19.4 Å². The molecular weight excluding hydrogens is 258 g/mol. The van der Waals surface area contributed by atoms with E-state index in [1.165, 1.54) is 6.07 Å². The van der Waals surface area contributed by atoms with Crippen LogP contribution < -0.4 is 5.32 Å². The van der Waals surface area contributed by atoms with Gasteiger partial charge in [-0.2, -0.15) is 0 Å². The molecule has 1 fully saturated rings. The number of Topliss-reactive ketones (excluding diaryl/α,β-unsaturated/α-hetero) is 1. The second-order valence-electron chi connectivity index (χ2n) is 5.07. The van der Waals surface area contributed by atoms with Gasteiger partial charge in [-0.3, -0.25) is 14.9 Å². The predicted molar refractivity (Wildman–Crippen MR) is 74.9 cm³/mol. The molecule has 1 aliphatic rings. The molecule has 0 aliphatic carbocycles. The number of aromatic amines is 1. The number of nitrogens with one attached hydrogen (secondary N) is 2. The first-order chi connectivity index (χ1) is 9.68. The first-order valence-corrected chi connectivity index (χ1v) is 6.68. The molecule has 1 unspecified atom stereocenters. The average Bonchev–Trinajstić information content (AvgIpc) is 2.91. The fourth-order valence-electron chi connectivity index (χ4n) is 2.81. The number of fused-ring (bicyclic) bond motifs is 1. The molecule has 2 heterocycles. The summed E-state index contributed by atoms with van der Waals surface area (Å²) in [6.07, 6.45) is 3.38. The number of hydrogen-bond donors (Lipinski definition) is 2. The number of nitro benzene ring substituents is 1. The van der Waals surface area contributed by atoms with Crippen LogP contribution in [0.1, 0.15) is 23.2 Å². The first kappa shape index (κ1) is 12.8. The van der Waals surface area contributed by atoms with E-state index in [9.17, 15) is 14.9 Å². The molecule has 0 amide bonds. The number of hydrogen-bond acceptors (Lipinski definition) is 4. The molecule has 0 saturated carbocycles. The van der Waals surface area contributed by atoms with Crippen LogP contribution in [0.25, 0.3) is 10.9 Å². The van der Waals surface area contributed by atoms with Crippen LogP contribution in [0.3, 0.4) is 0 Å². The number of nitrogens with zero attached hydrogens (tertiary/aromatic N) is 1. The molecule has 1 aromatic heterocycles. The second-order valence-corrected chi connectivity index (χ2v) is 5.07. The van der Waals surface area contributed by atoms with Crippen molar-refractivity contribution in [1.29, 1.82) is 0 Å². The van der Waals surface area contributed by atoms with Crippen molar-refractivity contribution >= 4 is 22.4 Å². The van der Waals surface area contributed by atoms with E-state index >= 15 is 0 Å². The van der Waals surface area contributed by atoms with E-state index < -0.39 is 4.92 Å². The van der Waals surface area contributed by atoms with Crippen molar-refractivity contribution in [3.8, 4) is 0 Å². The quantitative estimate of drug-likeness (QED) is 0.510. The second kappa shape index (κ2) is 5.05. The largest absolute Gasteiger partial charge is 0.360 e. The Labute approximate surface area is 115 Å². The number of carbonyl (C=O) groups is 1. The Morgan fingerprint density at radius 2 is 2.25 bits per heavy atom. The molecule has 1 atom stereocenters. The van der Waals surface area contributed by atoms with Crippen molar-refractivity contribution in [3.05, 3.63) is 40.1 Å². The van der Waals surface area contributed by atoms with Crippen LogP contribution in [0.5, 0.6) is 0 Å². The summed E-state index contributed by atoms with van der Waals surface area (Å²) in [5.74, 6) is -0.111. The standard InChI is InChI=1S/C14H15N3O3/c18-14(9-3-2-6-15-7-9)10-8-16-11-4-1-5-12(13(10)11)17(19)20/h1,4-5,8-9,15-16H,2-3,6-7H2. The van der Waals surface area contributed by atoms with Crippen molar-refractivity contribution in [3.63, 3.8) is 0 Å². The van der Waals surface area contributed by atoms with Gasteiger partial charge in [-0.1, -0.05) is 6.07 Å². The third kappa shape index (κ3) is 2.08. The summed E-state index contributed by atoms with van der Waals surface area (Å²) in [6, 6.07) is 4.80. The van der Waals surface area contributed by atoms with Crippen LogP contribution >= 0.6 is 0 Å². The lowest BCUT2D eigenvalue weighted by molar-refractivity contribution is -0.383. The van der Waals surface area contributed by atoms with Crippen LogP contribution in [0, 0.1) is 16.0 Å². The minimum absolute atomic E-state index is 0.0160. The summed E-state index contributed by atoms with van der Waals surface area (Å²) in [6.45, 7) is 1.57. The molecule has 1 aromatic carbocycles. The van der Waals surface area contributed by atoms with Crippen molar-refractivity contribution in [1.82, 2.24) is 10.3 Å². The normalized spacial score (nSPS) is 19.1. The summed E-state index contributed by atoms with van der Waals surface area (Å²) >= 11 is 0. The topological polar surface area (TPSA) is 88.0 Å².